The lowest BCUT2D eigenvalue weighted by Crippen LogP contribution is -2.33. The molecular formula is C19H18ClN3O2S. The highest BCUT2D eigenvalue weighted by Gasteiger charge is 2.32. The van der Waals surface area contributed by atoms with Crippen LogP contribution >= 0.6 is 23.4 Å². The quantitative estimate of drug-likeness (QED) is 0.808. The number of hydrazone groups is 1. The number of hydrogen-bond acceptors (Lipinski definition) is 4. The SMILES string of the molecule is Cc1ccc(C)c(N2C(=O)CS/C2=N\NC(=O)c2ccccc2Cl)c1C. The van der Waals surface area contributed by atoms with Crippen LogP contribution in [0.4, 0.5) is 5.69 Å². The molecule has 2 aromatic rings. The van der Waals surface area contributed by atoms with E-state index in [4.69, 9.17) is 11.6 Å². The van der Waals surface area contributed by atoms with Crippen LogP contribution in [0.5, 0.6) is 0 Å². The summed E-state index contributed by atoms with van der Waals surface area (Å²) in [6, 6.07) is 10.8. The minimum atomic E-state index is -0.416. The Kier molecular flexibility index (Phi) is 5.34. The number of halogens is 1. The maximum Gasteiger partial charge on any atom is 0.272 e. The largest absolute Gasteiger partial charge is 0.273 e. The molecule has 5 nitrogen and oxygen atoms in total. The number of anilines is 1. The van der Waals surface area contributed by atoms with Gasteiger partial charge < -0.3 is 0 Å². The molecule has 0 atom stereocenters. The second-order valence-corrected chi connectivity index (χ2v) is 7.36. The number of benzene rings is 2. The first kappa shape index (κ1) is 18.5. The van der Waals surface area contributed by atoms with Crippen LogP contribution in [-0.2, 0) is 4.79 Å². The molecule has 7 heteroatoms. The van der Waals surface area contributed by atoms with Crippen molar-refractivity contribution >= 4 is 46.0 Å². The van der Waals surface area contributed by atoms with Crippen molar-refractivity contribution in [3.8, 4) is 0 Å². The summed E-state index contributed by atoms with van der Waals surface area (Å²) in [7, 11) is 0. The predicted octanol–water partition coefficient (Wildman–Crippen LogP) is 4.05. The normalized spacial score (nSPS) is 15.6. The highest BCUT2D eigenvalue weighted by molar-refractivity contribution is 8.15. The van der Waals surface area contributed by atoms with Gasteiger partial charge in [-0.05, 0) is 49.6 Å². The highest BCUT2D eigenvalue weighted by atomic mass is 35.5. The lowest BCUT2D eigenvalue weighted by Gasteiger charge is -2.22. The molecule has 0 unspecified atom stereocenters. The highest BCUT2D eigenvalue weighted by Crippen LogP contribution is 2.33. The molecule has 1 heterocycles. The number of hydrogen-bond donors (Lipinski definition) is 1. The molecule has 0 spiro atoms. The van der Waals surface area contributed by atoms with E-state index in [0.717, 1.165) is 22.4 Å². The molecule has 1 aliphatic rings. The molecule has 134 valence electrons. The van der Waals surface area contributed by atoms with Gasteiger partial charge in [-0.3, -0.25) is 14.5 Å². The topological polar surface area (TPSA) is 61.8 Å². The number of rotatable bonds is 3. The van der Waals surface area contributed by atoms with Gasteiger partial charge in [0.15, 0.2) is 5.17 Å². The Labute approximate surface area is 161 Å². The molecule has 1 saturated heterocycles. The monoisotopic (exact) mass is 387 g/mol. The second kappa shape index (κ2) is 7.51. The molecule has 1 N–H and O–H groups in total. The van der Waals surface area contributed by atoms with Crippen molar-refractivity contribution in [2.24, 2.45) is 5.10 Å². The van der Waals surface area contributed by atoms with E-state index in [1.807, 2.05) is 32.9 Å². The van der Waals surface area contributed by atoms with Crippen LogP contribution in [0.2, 0.25) is 5.02 Å². The first-order valence-electron chi connectivity index (χ1n) is 8.05. The van der Waals surface area contributed by atoms with E-state index in [-0.39, 0.29) is 11.7 Å². The van der Waals surface area contributed by atoms with Crippen molar-refractivity contribution in [2.45, 2.75) is 20.8 Å². The number of nitrogens with zero attached hydrogens (tertiary/aromatic N) is 2. The number of thioether (sulfide) groups is 1. The van der Waals surface area contributed by atoms with Gasteiger partial charge in [0.05, 0.1) is 22.0 Å². The first-order chi connectivity index (χ1) is 12.4. The Morgan fingerprint density at radius 2 is 1.85 bits per heavy atom. The fraction of sp³-hybridized carbons (Fsp3) is 0.211. The number of carbonyl (C=O) groups is 2. The third-order valence-corrected chi connectivity index (χ3v) is 5.52. The summed E-state index contributed by atoms with van der Waals surface area (Å²) in [5.74, 6) is -0.189. The van der Waals surface area contributed by atoms with Crippen molar-refractivity contribution in [3.63, 3.8) is 0 Å². The van der Waals surface area contributed by atoms with Crippen molar-refractivity contribution in [1.29, 1.82) is 0 Å². The minimum Gasteiger partial charge on any atom is -0.273 e. The summed E-state index contributed by atoms with van der Waals surface area (Å²) in [6.45, 7) is 5.94. The van der Waals surface area contributed by atoms with Crippen molar-refractivity contribution < 1.29 is 9.59 Å². The van der Waals surface area contributed by atoms with Gasteiger partial charge in [-0.15, -0.1) is 5.10 Å². The average Bonchev–Trinajstić information content (AvgIpc) is 2.98. The molecule has 0 radical (unpaired) electrons. The maximum absolute atomic E-state index is 12.5. The van der Waals surface area contributed by atoms with Gasteiger partial charge in [-0.2, -0.15) is 0 Å². The summed E-state index contributed by atoms with van der Waals surface area (Å²) in [4.78, 5) is 26.4. The van der Waals surface area contributed by atoms with Gasteiger partial charge in [0.1, 0.15) is 0 Å². The fourth-order valence-corrected chi connectivity index (χ4v) is 3.78. The van der Waals surface area contributed by atoms with Gasteiger partial charge in [0.2, 0.25) is 5.91 Å². The number of aryl methyl sites for hydroxylation is 2. The molecule has 1 aliphatic heterocycles. The standard InChI is InChI=1S/C19H18ClN3O2S/c1-11-8-9-12(2)17(13(11)3)23-16(24)10-26-19(23)22-21-18(25)14-6-4-5-7-15(14)20/h4-9H,10H2,1-3H3,(H,21,25)/b22-19-. The summed E-state index contributed by atoms with van der Waals surface area (Å²) in [5, 5.41) is 4.99. The zero-order valence-electron chi connectivity index (χ0n) is 14.7. The van der Waals surface area contributed by atoms with Gasteiger partial charge in [0.25, 0.3) is 5.91 Å². The van der Waals surface area contributed by atoms with Crippen LogP contribution in [-0.4, -0.2) is 22.7 Å². The van der Waals surface area contributed by atoms with Crippen molar-refractivity contribution in [3.05, 3.63) is 63.7 Å². The Hall–Kier alpha value is -2.31. The Balaban J connectivity index is 1.92. The van der Waals surface area contributed by atoms with Crippen LogP contribution in [0.25, 0.3) is 0 Å². The molecule has 1 fully saturated rings. The third kappa shape index (κ3) is 3.48. The number of nitrogens with one attached hydrogen (secondary N) is 1. The number of amidine groups is 1. The Morgan fingerprint density at radius 1 is 1.15 bits per heavy atom. The van der Waals surface area contributed by atoms with E-state index in [1.54, 1.807) is 29.2 Å². The smallest absolute Gasteiger partial charge is 0.272 e. The van der Waals surface area contributed by atoms with Crippen LogP contribution < -0.4 is 10.3 Å². The van der Waals surface area contributed by atoms with Crippen LogP contribution in [0.15, 0.2) is 41.5 Å². The van der Waals surface area contributed by atoms with Gasteiger partial charge in [-0.1, -0.05) is 47.6 Å². The fourth-order valence-electron chi connectivity index (χ4n) is 2.75. The van der Waals surface area contributed by atoms with E-state index < -0.39 is 5.91 Å². The summed E-state index contributed by atoms with van der Waals surface area (Å²) in [6.07, 6.45) is 0. The van der Waals surface area contributed by atoms with Gasteiger partial charge in [-0.25, -0.2) is 5.43 Å². The molecule has 26 heavy (non-hydrogen) atoms. The Bertz CT molecular complexity index is 927. The zero-order chi connectivity index (χ0) is 18.8. The molecule has 3 rings (SSSR count). The summed E-state index contributed by atoms with van der Waals surface area (Å²) < 4.78 is 0. The van der Waals surface area contributed by atoms with E-state index in [1.165, 1.54) is 11.8 Å². The summed E-state index contributed by atoms with van der Waals surface area (Å²) >= 11 is 7.34. The van der Waals surface area contributed by atoms with Crippen LogP contribution in [0.3, 0.4) is 0 Å². The molecule has 0 aliphatic carbocycles. The van der Waals surface area contributed by atoms with E-state index in [2.05, 4.69) is 10.5 Å². The van der Waals surface area contributed by atoms with Crippen molar-refractivity contribution in [2.75, 3.05) is 10.7 Å². The minimum absolute atomic E-state index is 0.0578. The molecular weight excluding hydrogens is 370 g/mol. The van der Waals surface area contributed by atoms with Gasteiger partial charge >= 0.3 is 0 Å². The number of amides is 2. The first-order valence-corrected chi connectivity index (χ1v) is 9.41. The van der Waals surface area contributed by atoms with E-state index >= 15 is 0 Å². The second-order valence-electron chi connectivity index (χ2n) is 6.01. The zero-order valence-corrected chi connectivity index (χ0v) is 16.2. The van der Waals surface area contributed by atoms with Gasteiger partial charge in [0, 0.05) is 0 Å². The average molecular weight is 388 g/mol. The lowest BCUT2D eigenvalue weighted by atomic mass is 10.0. The lowest BCUT2D eigenvalue weighted by molar-refractivity contribution is -0.115. The molecule has 2 amide bonds. The maximum atomic E-state index is 12.5. The molecule has 0 bridgehead atoms. The number of carbonyl (C=O) groups excluding carboxylic acids is 2. The molecule has 0 saturated carbocycles. The molecule has 0 aromatic heterocycles. The van der Waals surface area contributed by atoms with Crippen LogP contribution in [0.1, 0.15) is 27.0 Å². The third-order valence-electron chi connectivity index (χ3n) is 4.26. The molecule has 2 aromatic carbocycles. The summed E-state index contributed by atoms with van der Waals surface area (Å²) in [5.41, 5.74) is 6.76. The van der Waals surface area contributed by atoms with Crippen LogP contribution in [0, 0.1) is 20.8 Å². The van der Waals surface area contributed by atoms with E-state index in [0.29, 0.717) is 15.8 Å². The Morgan fingerprint density at radius 3 is 2.58 bits per heavy atom. The predicted molar refractivity (Wildman–Crippen MR) is 107 cm³/mol. The van der Waals surface area contributed by atoms with Crippen molar-refractivity contribution in [1.82, 2.24) is 5.43 Å². The van der Waals surface area contributed by atoms with E-state index in [9.17, 15) is 9.59 Å².